The first-order valence-electron chi connectivity index (χ1n) is 3.66. The lowest BCUT2D eigenvalue weighted by Gasteiger charge is -1.95. The lowest BCUT2D eigenvalue weighted by molar-refractivity contribution is -0.136. The van der Waals surface area contributed by atoms with Crippen molar-refractivity contribution in [2.75, 3.05) is 7.11 Å². The first-order chi connectivity index (χ1) is 6.77. The predicted molar refractivity (Wildman–Crippen MR) is 47.8 cm³/mol. The largest absolute Gasteiger partial charge is 0.466 e. The van der Waals surface area contributed by atoms with Crippen molar-refractivity contribution in [3.63, 3.8) is 0 Å². The van der Waals surface area contributed by atoms with Crippen LogP contribution in [0.2, 0.25) is 0 Å². The predicted octanol–water partition coefficient (Wildman–Crippen LogP) is 2.10. The Bertz CT molecular complexity index is 388. The monoisotopic (exact) mass is 193 g/mol. The molecule has 72 valence electrons. The second kappa shape index (κ2) is 4.74. The van der Waals surface area contributed by atoms with Gasteiger partial charge in [0.15, 0.2) is 0 Å². The molecule has 0 amide bonds. The van der Waals surface area contributed by atoms with E-state index < -0.39 is 5.97 Å². The van der Waals surface area contributed by atoms with Gasteiger partial charge in [-0.2, -0.15) is 0 Å². The fourth-order valence-electron chi connectivity index (χ4n) is 0.790. The highest BCUT2D eigenvalue weighted by molar-refractivity contribution is 5.92. The molecule has 1 rings (SSSR count). The average molecular weight is 193 g/mol. The van der Waals surface area contributed by atoms with E-state index in [9.17, 15) is 4.79 Å². The molecule has 0 aliphatic heterocycles. The summed E-state index contributed by atoms with van der Waals surface area (Å²) >= 11 is 0. The summed E-state index contributed by atoms with van der Waals surface area (Å²) in [6.45, 7) is 0. The maximum atomic E-state index is 11.0. The van der Waals surface area contributed by atoms with Gasteiger partial charge < -0.3 is 9.15 Å². The number of hydrogen-bond donors (Lipinski definition) is 0. The fourth-order valence-corrected chi connectivity index (χ4v) is 0.790. The lowest BCUT2D eigenvalue weighted by atomic mass is 10.3. The van der Waals surface area contributed by atoms with Crippen molar-refractivity contribution in [3.8, 4) is 0 Å². The van der Waals surface area contributed by atoms with Crippen molar-refractivity contribution in [1.82, 2.24) is 0 Å². The van der Waals surface area contributed by atoms with Gasteiger partial charge in [-0.3, -0.25) is 0 Å². The molecular weight excluding hydrogens is 186 g/mol. The molecule has 1 heterocycles. The standard InChI is InChI=1S/C8H7N3O3/c1-13-8(12)7(10-11-9)5-6-3-2-4-14-6/h2-5H,1H3/b7-5-. The molecule has 0 saturated carbocycles. The Morgan fingerprint density at radius 3 is 3.07 bits per heavy atom. The van der Waals surface area contributed by atoms with E-state index in [1.165, 1.54) is 19.4 Å². The maximum Gasteiger partial charge on any atom is 0.340 e. The number of rotatable bonds is 3. The minimum atomic E-state index is -0.709. The van der Waals surface area contributed by atoms with Crippen LogP contribution >= 0.6 is 0 Å². The van der Waals surface area contributed by atoms with E-state index in [4.69, 9.17) is 9.95 Å². The minimum absolute atomic E-state index is 0.148. The topological polar surface area (TPSA) is 88.2 Å². The number of nitrogens with zero attached hydrogens (tertiary/aromatic N) is 3. The molecule has 1 aromatic rings. The highest BCUT2D eigenvalue weighted by Crippen LogP contribution is 2.09. The molecule has 0 aliphatic carbocycles. The number of ether oxygens (including phenoxy) is 1. The summed E-state index contributed by atoms with van der Waals surface area (Å²) in [6.07, 6.45) is 2.74. The molecule has 0 unspecified atom stereocenters. The van der Waals surface area contributed by atoms with E-state index >= 15 is 0 Å². The SMILES string of the molecule is COC(=O)/C(=C/c1ccco1)N=[N+]=[N-]. The van der Waals surface area contributed by atoms with Gasteiger partial charge in [-0.25, -0.2) is 4.79 Å². The van der Waals surface area contributed by atoms with Crippen LogP contribution in [0.15, 0.2) is 33.6 Å². The van der Waals surface area contributed by atoms with Gasteiger partial charge in [0.25, 0.3) is 0 Å². The highest BCUT2D eigenvalue weighted by atomic mass is 16.5. The molecule has 14 heavy (non-hydrogen) atoms. The van der Waals surface area contributed by atoms with Crippen LogP contribution in [-0.2, 0) is 9.53 Å². The van der Waals surface area contributed by atoms with Crippen LogP contribution in [0.1, 0.15) is 5.76 Å². The fraction of sp³-hybridized carbons (Fsp3) is 0.125. The average Bonchev–Trinajstić information content (AvgIpc) is 2.68. The zero-order valence-corrected chi connectivity index (χ0v) is 7.38. The summed E-state index contributed by atoms with van der Waals surface area (Å²) in [4.78, 5) is 13.5. The van der Waals surface area contributed by atoms with Gasteiger partial charge in [0.1, 0.15) is 11.5 Å². The molecular formula is C8H7N3O3. The van der Waals surface area contributed by atoms with E-state index in [1.807, 2.05) is 0 Å². The second-order valence-electron chi connectivity index (χ2n) is 2.23. The molecule has 1 aromatic heterocycles. The molecule has 0 N–H and O–H groups in total. The molecule has 0 fully saturated rings. The van der Waals surface area contributed by atoms with E-state index in [0.717, 1.165) is 0 Å². The van der Waals surface area contributed by atoms with Crippen LogP contribution < -0.4 is 0 Å². The molecule has 0 bridgehead atoms. The number of methoxy groups -OCH3 is 1. The Morgan fingerprint density at radius 1 is 1.79 bits per heavy atom. The third-order valence-corrected chi connectivity index (χ3v) is 1.37. The first kappa shape index (κ1) is 9.88. The van der Waals surface area contributed by atoms with Crippen LogP contribution in [0.5, 0.6) is 0 Å². The quantitative estimate of drug-likeness (QED) is 0.242. The smallest absolute Gasteiger partial charge is 0.340 e. The molecule has 6 nitrogen and oxygen atoms in total. The molecule has 0 radical (unpaired) electrons. The van der Waals surface area contributed by atoms with Crippen LogP contribution in [-0.4, -0.2) is 13.1 Å². The van der Waals surface area contributed by atoms with Crippen molar-refractivity contribution in [2.45, 2.75) is 0 Å². The van der Waals surface area contributed by atoms with Crippen molar-refractivity contribution in [3.05, 3.63) is 40.3 Å². The Balaban J connectivity index is 2.99. The Morgan fingerprint density at radius 2 is 2.57 bits per heavy atom. The van der Waals surface area contributed by atoms with Crippen LogP contribution in [0.3, 0.4) is 0 Å². The van der Waals surface area contributed by atoms with Gasteiger partial charge in [-0.05, 0) is 23.7 Å². The maximum absolute atomic E-state index is 11.0. The summed E-state index contributed by atoms with van der Waals surface area (Å²) in [5, 5.41) is 3.18. The molecule has 0 aliphatic rings. The molecule has 0 spiro atoms. The summed E-state index contributed by atoms with van der Waals surface area (Å²) in [5.74, 6) is -0.294. The summed E-state index contributed by atoms with van der Waals surface area (Å²) < 4.78 is 9.34. The Kier molecular flexibility index (Phi) is 3.34. The van der Waals surface area contributed by atoms with Crippen LogP contribution in [0.4, 0.5) is 0 Å². The number of carbonyl (C=O) groups excluding carboxylic acids is 1. The van der Waals surface area contributed by atoms with Gasteiger partial charge in [0.2, 0.25) is 0 Å². The zero-order valence-electron chi connectivity index (χ0n) is 7.38. The summed E-state index contributed by atoms with van der Waals surface area (Å²) in [7, 11) is 1.20. The Labute approximate surface area is 79.4 Å². The van der Waals surface area contributed by atoms with E-state index in [0.29, 0.717) is 5.76 Å². The van der Waals surface area contributed by atoms with Gasteiger partial charge in [0, 0.05) is 4.91 Å². The van der Waals surface area contributed by atoms with Crippen molar-refractivity contribution in [1.29, 1.82) is 0 Å². The number of hydrogen-bond acceptors (Lipinski definition) is 4. The first-order valence-corrected chi connectivity index (χ1v) is 3.66. The van der Waals surface area contributed by atoms with E-state index in [2.05, 4.69) is 14.8 Å². The molecule has 0 aromatic carbocycles. The molecule has 0 saturated heterocycles. The van der Waals surface area contributed by atoms with Gasteiger partial charge in [0.05, 0.1) is 13.4 Å². The van der Waals surface area contributed by atoms with Crippen molar-refractivity contribution in [2.24, 2.45) is 5.11 Å². The normalized spacial score (nSPS) is 10.5. The number of azide groups is 1. The summed E-state index contributed by atoms with van der Waals surface area (Å²) in [6, 6.07) is 3.27. The van der Waals surface area contributed by atoms with Gasteiger partial charge >= 0.3 is 5.97 Å². The van der Waals surface area contributed by atoms with E-state index in [1.54, 1.807) is 12.1 Å². The number of furan rings is 1. The number of carbonyl (C=O) groups is 1. The lowest BCUT2D eigenvalue weighted by Crippen LogP contribution is -2.01. The van der Waals surface area contributed by atoms with Gasteiger partial charge in [-0.15, -0.1) is 0 Å². The van der Waals surface area contributed by atoms with Gasteiger partial charge in [-0.1, -0.05) is 5.11 Å². The second-order valence-corrected chi connectivity index (χ2v) is 2.23. The molecule has 0 atom stereocenters. The third-order valence-electron chi connectivity index (χ3n) is 1.37. The minimum Gasteiger partial charge on any atom is -0.466 e. The van der Waals surface area contributed by atoms with Crippen molar-refractivity contribution < 1.29 is 13.9 Å². The third kappa shape index (κ3) is 2.40. The highest BCUT2D eigenvalue weighted by Gasteiger charge is 2.07. The number of esters is 1. The van der Waals surface area contributed by atoms with Crippen LogP contribution in [0.25, 0.3) is 16.5 Å². The summed E-state index contributed by atoms with van der Waals surface area (Å²) in [5.41, 5.74) is 8.04. The van der Waals surface area contributed by atoms with E-state index in [-0.39, 0.29) is 5.70 Å². The zero-order chi connectivity index (χ0) is 10.4. The Hall–Kier alpha value is -2.20. The van der Waals surface area contributed by atoms with Crippen LogP contribution in [0, 0.1) is 0 Å². The van der Waals surface area contributed by atoms with Crippen molar-refractivity contribution >= 4 is 12.0 Å². The molecule has 6 heteroatoms.